The number of pyridine rings is 1. The molecule has 0 aliphatic carbocycles. The van der Waals surface area contributed by atoms with E-state index in [0.29, 0.717) is 4.47 Å². The van der Waals surface area contributed by atoms with E-state index in [1.807, 2.05) is 0 Å². The SMILES string of the molecule is CS(C)(=O)=NC(=O)c1cc(Cl)ncc1Br. The minimum Gasteiger partial charge on any atom is -0.266 e. The van der Waals surface area contributed by atoms with E-state index < -0.39 is 15.6 Å². The number of rotatable bonds is 1. The summed E-state index contributed by atoms with van der Waals surface area (Å²) in [5.41, 5.74) is 0.256. The molecule has 1 heterocycles. The molecule has 0 spiro atoms. The van der Waals surface area contributed by atoms with Crippen LogP contribution in [0, 0.1) is 0 Å². The van der Waals surface area contributed by atoms with E-state index in [9.17, 15) is 9.00 Å². The normalized spacial score (nSPS) is 11.2. The average Bonchev–Trinajstić information content (AvgIpc) is 2.06. The van der Waals surface area contributed by atoms with Crippen LogP contribution >= 0.6 is 27.5 Å². The second-order valence-electron chi connectivity index (χ2n) is 3.06. The zero-order valence-corrected chi connectivity index (χ0v) is 11.2. The zero-order valence-electron chi connectivity index (χ0n) is 8.03. The van der Waals surface area contributed by atoms with Crippen LogP contribution in [0.2, 0.25) is 5.15 Å². The molecule has 0 N–H and O–H groups in total. The van der Waals surface area contributed by atoms with Gasteiger partial charge in [0.2, 0.25) is 0 Å². The van der Waals surface area contributed by atoms with Crippen LogP contribution < -0.4 is 0 Å². The maximum Gasteiger partial charge on any atom is 0.286 e. The topological polar surface area (TPSA) is 59.4 Å². The predicted octanol–water partition coefficient (Wildman–Crippen LogP) is 2.37. The summed E-state index contributed by atoms with van der Waals surface area (Å²) in [6.07, 6.45) is 4.18. The van der Waals surface area contributed by atoms with Gasteiger partial charge in [-0.3, -0.25) is 4.79 Å². The Hall–Kier alpha value is -0.460. The van der Waals surface area contributed by atoms with Crippen molar-refractivity contribution in [1.29, 1.82) is 0 Å². The van der Waals surface area contributed by atoms with E-state index in [0.717, 1.165) is 0 Å². The molecule has 15 heavy (non-hydrogen) atoms. The molecule has 0 bridgehead atoms. The maximum atomic E-state index is 11.6. The van der Waals surface area contributed by atoms with Crippen molar-refractivity contribution in [2.45, 2.75) is 0 Å². The van der Waals surface area contributed by atoms with Crippen molar-refractivity contribution in [3.63, 3.8) is 0 Å². The van der Waals surface area contributed by atoms with E-state index in [-0.39, 0.29) is 10.7 Å². The number of halogens is 2. The Morgan fingerprint density at radius 3 is 2.73 bits per heavy atom. The van der Waals surface area contributed by atoms with Gasteiger partial charge in [-0.05, 0) is 22.0 Å². The minimum absolute atomic E-state index is 0.190. The van der Waals surface area contributed by atoms with Gasteiger partial charge in [0.25, 0.3) is 5.91 Å². The Morgan fingerprint density at radius 2 is 2.20 bits per heavy atom. The third kappa shape index (κ3) is 3.89. The fourth-order valence-corrected chi connectivity index (χ4v) is 1.87. The molecule has 0 fully saturated rings. The van der Waals surface area contributed by atoms with Gasteiger partial charge in [-0.15, -0.1) is 0 Å². The van der Waals surface area contributed by atoms with Crippen molar-refractivity contribution in [2.75, 3.05) is 12.5 Å². The van der Waals surface area contributed by atoms with Crippen LogP contribution in [-0.2, 0) is 9.73 Å². The first kappa shape index (κ1) is 12.6. The molecule has 1 rings (SSSR count). The number of amides is 1. The van der Waals surface area contributed by atoms with Crippen LogP contribution in [0.3, 0.4) is 0 Å². The van der Waals surface area contributed by atoms with Crippen LogP contribution in [0.25, 0.3) is 0 Å². The van der Waals surface area contributed by atoms with Gasteiger partial charge in [-0.1, -0.05) is 11.6 Å². The Morgan fingerprint density at radius 1 is 1.60 bits per heavy atom. The number of hydrogen-bond donors (Lipinski definition) is 0. The van der Waals surface area contributed by atoms with E-state index in [4.69, 9.17) is 11.6 Å². The Bertz CT molecular complexity index is 515. The lowest BCUT2D eigenvalue weighted by Crippen LogP contribution is -2.02. The van der Waals surface area contributed by atoms with Gasteiger partial charge >= 0.3 is 0 Å². The number of hydrogen-bond acceptors (Lipinski definition) is 3. The Labute approximate surface area is 101 Å². The highest BCUT2D eigenvalue weighted by molar-refractivity contribution is 9.10. The molecule has 1 aromatic heterocycles. The first-order valence-electron chi connectivity index (χ1n) is 3.82. The fraction of sp³-hybridized carbons (Fsp3) is 0.250. The number of carbonyl (C=O) groups is 1. The molecule has 0 aliphatic rings. The number of carbonyl (C=O) groups excluding carboxylic acids is 1. The largest absolute Gasteiger partial charge is 0.286 e. The van der Waals surface area contributed by atoms with Crippen molar-refractivity contribution in [3.05, 3.63) is 27.5 Å². The summed E-state index contributed by atoms with van der Waals surface area (Å²) in [4.78, 5) is 15.3. The lowest BCUT2D eigenvalue weighted by molar-refractivity contribution is 0.100. The van der Waals surface area contributed by atoms with Gasteiger partial charge in [-0.25, -0.2) is 9.19 Å². The molecule has 1 amide bonds. The molecule has 0 radical (unpaired) electrons. The van der Waals surface area contributed by atoms with Crippen molar-refractivity contribution >= 4 is 43.2 Å². The Balaban J connectivity index is 3.24. The lowest BCUT2D eigenvalue weighted by Gasteiger charge is -2.00. The smallest absolute Gasteiger partial charge is 0.266 e. The van der Waals surface area contributed by atoms with Gasteiger partial charge in [-0.2, -0.15) is 4.36 Å². The van der Waals surface area contributed by atoms with Gasteiger partial charge < -0.3 is 0 Å². The number of nitrogens with zero attached hydrogens (tertiary/aromatic N) is 2. The van der Waals surface area contributed by atoms with Crippen molar-refractivity contribution < 1.29 is 9.00 Å². The van der Waals surface area contributed by atoms with Crippen LogP contribution in [0.5, 0.6) is 0 Å². The lowest BCUT2D eigenvalue weighted by atomic mass is 10.3. The monoisotopic (exact) mass is 310 g/mol. The summed E-state index contributed by atoms with van der Waals surface area (Å²) in [6, 6.07) is 1.38. The molecule has 1 aromatic rings. The van der Waals surface area contributed by atoms with Crippen LogP contribution in [0.15, 0.2) is 21.1 Å². The van der Waals surface area contributed by atoms with Gasteiger partial charge in [0.15, 0.2) is 0 Å². The van der Waals surface area contributed by atoms with E-state index in [1.165, 1.54) is 24.8 Å². The van der Waals surface area contributed by atoms with E-state index >= 15 is 0 Å². The molecule has 0 atom stereocenters. The fourth-order valence-electron chi connectivity index (χ4n) is 0.826. The van der Waals surface area contributed by atoms with Crippen LogP contribution in [-0.4, -0.2) is 27.6 Å². The molecular formula is C8H8BrClN2O2S. The maximum absolute atomic E-state index is 11.6. The summed E-state index contributed by atoms with van der Waals surface area (Å²) < 4.78 is 15.3. The zero-order chi connectivity index (χ0) is 11.6. The molecular weight excluding hydrogens is 304 g/mol. The third-order valence-electron chi connectivity index (χ3n) is 1.36. The highest BCUT2D eigenvalue weighted by Crippen LogP contribution is 2.19. The Kier molecular flexibility index (Phi) is 3.86. The minimum atomic E-state index is -2.46. The van der Waals surface area contributed by atoms with E-state index in [2.05, 4.69) is 25.3 Å². The molecule has 0 aliphatic heterocycles. The summed E-state index contributed by atoms with van der Waals surface area (Å²) in [5, 5.41) is 0.190. The van der Waals surface area contributed by atoms with Gasteiger partial charge in [0.05, 0.1) is 5.56 Å². The number of aromatic nitrogens is 1. The highest BCUT2D eigenvalue weighted by Gasteiger charge is 2.11. The molecule has 0 aromatic carbocycles. The third-order valence-corrected chi connectivity index (χ3v) is 2.80. The van der Waals surface area contributed by atoms with Gasteiger partial charge in [0.1, 0.15) is 5.15 Å². The standard InChI is InChI=1S/C8H8BrClN2O2S/c1-15(2,14)12-8(13)5-3-7(10)11-4-6(5)9/h3-4H,1-2H3. The van der Waals surface area contributed by atoms with E-state index in [1.54, 1.807) is 0 Å². The van der Waals surface area contributed by atoms with Crippen molar-refractivity contribution in [3.8, 4) is 0 Å². The van der Waals surface area contributed by atoms with Gasteiger partial charge in [0, 0.05) is 32.9 Å². The molecule has 0 saturated carbocycles. The molecule has 4 nitrogen and oxygen atoms in total. The summed E-state index contributed by atoms with van der Waals surface area (Å²) in [7, 11) is -2.46. The molecule has 0 unspecified atom stereocenters. The molecule has 0 saturated heterocycles. The molecule has 82 valence electrons. The van der Waals surface area contributed by atoms with Crippen LogP contribution in [0.1, 0.15) is 10.4 Å². The first-order valence-corrected chi connectivity index (χ1v) is 7.32. The molecule has 7 heteroatoms. The second kappa shape index (κ2) is 4.59. The highest BCUT2D eigenvalue weighted by atomic mass is 79.9. The second-order valence-corrected chi connectivity index (χ2v) is 6.85. The van der Waals surface area contributed by atoms with Crippen LogP contribution in [0.4, 0.5) is 0 Å². The van der Waals surface area contributed by atoms with Crippen molar-refractivity contribution in [1.82, 2.24) is 4.98 Å². The quantitative estimate of drug-likeness (QED) is 0.748. The van der Waals surface area contributed by atoms with Crippen molar-refractivity contribution in [2.24, 2.45) is 4.36 Å². The first-order chi connectivity index (χ1) is 6.79. The summed E-state index contributed by atoms with van der Waals surface area (Å²) >= 11 is 8.78. The summed E-state index contributed by atoms with van der Waals surface area (Å²) in [5.74, 6) is -0.568. The predicted molar refractivity (Wildman–Crippen MR) is 63.7 cm³/mol. The summed E-state index contributed by atoms with van der Waals surface area (Å²) in [6.45, 7) is 0. The average molecular weight is 312 g/mol.